The molecule has 0 amide bonds. The number of nitrogens with one attached hydrogen (secondary N) is 1. The molecule has 9 nitrogen and oxygen atoms in total. The Balaban J connectivity index is 1.57. The van der Waals surface area contributed by atoms with Crippen molar-refractivity contribution in [1.82, 2.24) is 29.5 Å². The Bertz CT molecular complexity index is 1200. The fourth-order valence-electron chi connectivity index (χ4n) is 3.77. The molecule has 5 rings (SSSR count). The second kappa shape index (κ2) is 8.27. The fourth-order valence-corrected chi connectivity index (χ4v) is 3.77. The Labute approximate surface area is 179 Å². The van der Waals surface area contributed by atoms with Gasteiger partial charge >= 0.3 is 0 Å². The van der Waals surface area contributed by atoms with E-state index in [2.05, 4.69) is 25.3 Å². The first-order valence-corrected chi connectivity index (χ1v) is 10.3. The van der Waals surface area contributed by atoms with Crippen LogP contribution in [-0.2, 0) is 4.74 Å². The van der Waals surface area contributed by atoms with Crippen molar-refractivity contribution in [2.45, 2.75) is 32.4 Å². The van der Waals surface area contributed by atoms with Gasteiger partial charge in [-0.05, 0) is 44.4 Å². The van der Waals surface area contributed by atoms with Crippen molar-refractivity contribution in [1.29, 1.82) is 0 Å². The predicted octanol–water partition coefficient (Wildman–Crippen LogP) is 4.04. The molecule has 1 unspecified atom stereocenters. The molecule has 1 fully saturated rings. The zero-order chi connectivity index (χ0) is 21.2. The van der Waals surface area contributed by atoms with E-state index in [1.807, 2.05) is 29.7 Å². The monoisotopic (exact) mass is 417 g/mol. The molecule has 0 saturated carbocycles. The molecule has 5 heterocycles. The number of pyridine rings is 2. The van der Waals surface area contributed by atoms with Crippen LogP contribution in [0.1, 0.15) is 31.3 Å². The molecule has 158 valence electrons. The van der Waals surface area contributed by atoms with Crippen LogP contribution < -0.4 is 10.1 Å². The van der Waals surface area contributed by atoms with E-state index in [9.17, 15) is 0 Å². The minimum atomic E-state index is -0.0437. The van der Waals surface area contributed by atoms with Gasteiger partial charge in [0, 0.05) is 24.4 Å². The number of anilines is 2. The van der Waals surface area contributed by atoms with Crippen molar-refractivity contribution in [2.75, 3.05) is 19.0 Å². The van der Waals surface area contributed by atoms with E-state index in [-0.39, 0.29) is 6.23 Å². The van der Waals surface area contributed by atoms with Gasteiger partial charge in [0.2, 0.25) is 5.88 Å². The summed E-state index contributed by atoms with van der Waals surface area (Å²) in [5.74, 6) is 1.88. The van der Waals surface area contributed by atoms with Crippen LogP contribution in [0.15, 0.2) is 43.0 Å². The number of ether oxygens (including phenoxy) is 2. The Kier molecular flexibility index (Phi) is 5.17. The number of hydrogen-bond donors (Lipinski definition) is 1. The summed E-state index contributed by atoms with van der Waals surface area (Å²) in [6, 6.07) is 7.55. The first-order valence-electron chi connectivity index (χ1n) is 10.3. The molecular weight excluding hydrogens is 394 g/mol. The van der Waals surface area contributed by atoms with Crippen LogP contribution in [0.5, 0.6) is 5.88 Å². The van der Waals surface area contributed by atoms with Gasteiger partial charge in [-0.25, -0.2) is 24.9 Å². The van der Waals surface area contributed by atoms with Crippen LogP contribution in [0, 0.1) is 6.92 Å². The highest BCUT2D eigenvalue weighted by molar-refractivity contribution is 5.91. The van der Waals surface area contributed by atoms with Gasteiger partial charge in [0.25, 0.3) is 0 Å². The third-order valence-electron chi connectivity index (χ3n) is 5.27. The summed E-state index contributed by atoms with van der Waals surface area (Å²) in [4.78, 5) is 22.8. The van der Waals surface area contributed by atoms with Crippen LogP contribution in [0.25, 0.3) is 22.4 Å². The molecule has 1 atom stereocenters. The van der Waals surface area contributed by atoms with Crippen molar-refractivity contribution in [2.24, 2.45) is 0 Å². The van der Waals surface area contributed by atoms with Crippen LogP contribution >= 0.6 is 0 Å². The number of aromatic nitrogens is 6. The average molecular weight is 417 g/mol. The SMILES string of the molecule is COc1ccc(Nc2ncccc2-c2nc(C)nc3c2ncn3C2CCCCO2)cn1. The molecular formula is C22H23N7O2. The number of hydrogen-bond acceptors (Lipinski definition) is 8. The summed E-state index contributed by atoms with van der Waals surface area (Å²) in [6.07, 6.45) is 8.37. The number of nitrogens with zero attached hydrogens (tertiary/aromatic N) is 6. The van der Waals surface area contributed by atoms with E-state index in [0.717, 1.165) is 54.0 Å². The molecule has 0 radical (unpaired) electrons. The molecule has 1 aliphatic heterocycles. The van der Waals surface area contributed by atoms with E-state index in [1.54, 1.807) is 31.9 Å². The van der Waals surface area contributed by atoms with Gasteiger partial charge in [-0.15, -0.1) is 0 Å². The van der Waals surface area contributed by atoms with Crippen LogP contribution in [0.3, 0.4) is 0 Å². The molecule has 1 aliphatic rings. The number of imidazole rings is 1. The molecule has 0 spiro atoms. The zero-order valence-electron chi connectivity index (χ0n) is 17.4. The maximum atomic E-state index is 5.96. The fraction of sp³-hybridized carbons (Fsp3) is 0.318. The number of rotatable bonds is 5. The highest BCUT2D eigenvalue weighted by Crippen LogP contribution is 2.33. The summed E-state index contributed by atoms with van der Waals surface area (Å²) in [5.41, 5.74) is 3.86. The van der Waals surface area contributed by atoms with Crippen LogP contribution in [0.2, 0.25) is 0 Å². The Morgan fingerprint density at radius 1 is 1.13 bits per heavy atom. The second-order valence-electron chi connectivity index (χ2n) is 7.38. The van der Waals surface area contributed by atoms with Crippen molar-refractivity contribution in [3.05, 3.63) is 48.8 Å². The largest absolute Gasteiger partial charge is 0.481 e. The summed E-state index contributed by atoms with van der Waals surface area (Å²) in [5, 5.41) is 3.33. The third kappa shape index (κ3) is 3.79. The van der Waals surface area contributed by atoms with Crippen molar-refractivity contribution in [3.8, 4) is 17.1 Å². The smallest absolute Gasteiger partial charge is 0.213 e. The molecule has 9 heteroatoms. The van der Waals surface area contributed by atoms with Crippen molar-refractivity contribution in [3.63, 3.8) is 0 Å². The normalized spacial score (nSPS) is 16.4. The minimum absolute atomic E-state index is 0.0437. The van der Waals surface area contributed by atoms with E-state index in [0.29, 0.717) is 17.5 Å². The number of methoxy groups -OCH3 is 1. The summed E-state index contributed by atoms with van der Waals surface area (Å²) >= 11 is 0. The van der Waals surface area contributed by atoms with E-state index < -0.39 is 0 Å². The molecule has 0 aromatic carbocycles. The van der Waals surface area contributed by atoms with Gasteiger partial charge in [-0.2, -0.15) is 0 Å². The summed E-state index contributed by atoms with van der Waals surface area (Å²) < 4.78 is 13.1. The molecule has 0 aliphatic carbocycles. The predicted molar refractivity (Wildman–Crippen MR) is 116 cm³/mol. The number of fused-ring (bicyclic) bond motifs is 1. The molecule has 4 aromatic heterocycles. The zero-order valence-corrected chi connectivity index (χ0v) is 17.4. The quantitative estimate of drug-likeness (QED) is 0.519. The summed E-state index contributed by atoms with van der Waals surface area (Å²) in [7, 11) is 1.59. The Hall–Kier alpha value is -3.59. The van der Waals surface area contributed by atoms with E-state index >= 15 is 0 Å². The first kappa shape index (κ1) is 19.4. The van der Waals surface area contributed by atoms with Gasteiger partial charge in [0.15, 0.2) is 5.65 Å². The van der Waals surface area contributed by atoms with Crippen LogP contribution in [0.4, 0.5) is 11.5 Å². The molecule has 31 heavy (non-hydrogen) atoms. The summed E-state index contributed by atoms with van der Waals surface area (Å²) in [6.45, 7) is 2.65. The highest BCUT2D eigenvalue weighted by atomic mass is 16.5. The van der Waals surface area contributed by atoms with Gasteiger partial charge in [-0.1, -0.05) is 0 Å². The molecule has 4 aromatic rings. The molecule has 0 bridgehead atoms. The van der Waals surface area contributed by atoms with Gasteiger partial charge in [0.1, 0.15) is 29.1 Å². The van der Waals surface area contributed by atoms with E-state index in [4.69, 9.17) is 14.5 Å². The third-order valence-corrected chi connectivity index (χ3v) is 5.27. The van der Waals surface area contributed by atoms with Gasteiger partial charge in [0.05, 0.1) is 25.3 Å². The average Bonchev–Trinajstić information content (AvgIpc) is 3.24. The second-order valence-corrected chi connectivity index (χ2v) is 7.38. The lowest BCUT2D eigenvalue weighted by molar-refractivity contribution is -0.0298. The first-order chi connectivity index (χ1) is 15.2. The van der Waals surface area contributed by atoms with Crippen molar-refractivity contribution < 1.29 is 9.47 Å². The Morgan fingerprint density at radius 2 is 2.06 bits per heavy atom. The highest BCUT2D eigenvalue weighted by Gasteiger charge is 2.22. The van der Waals surface area contributed by atoms with Gasteiger partial charge < -0.3 is 14.8 Å². The van der Waals surface area contributed by atoms with Crippen molar-refractivity contribution >= 4 is 22.7 Å². The number of aryl methyl sites for hydroxylation is 1. The lowest BCUT2D eigenvalue weighted by atomic mass is 10.1. The lowest BCUT2D eigenvalue weighted by Crippen LogP contribution is -2.17. The lowest BCUT2D eigenvalue weighted by Gasteiger charge is -2.23. The maximum absolute atomic E-state index is 5.96. The van der Waals surface area contributed by atoms with E-state index in [1.165, 1.54) is 0 Å². The Morgan fingerprint density at radius 3 is 2.84 bits per heavy atom. The van der Waals surface area contributed by atoms with Crippen LogP contribution in [-0.4, -0.2) is 43.2 Å². The maximum Gasteiger partial charge on any atom is 0.213 e. The van der Waals surface area contributed by atoms with Gasteiger partial charge in [-0.3, -0.25) is 4.57 Å². The molecule has 1 N–H and O–H groups in total. The topological polar surface area (TPSA) is 99.9 Å². The minimum Gasteiger partial charge on any atom is -0.481 e. The molecule has 1 saturated heterocycles. The standard InChI is InChI=1S/C22H23N7O2/c1-14-26-19(20-22(27-14)29(13-25-20)18-7-3-4-11-31-18)16-6-5-10-23-21(16)28-15-8-9-17(30-2)24-12-15/h5-6,8-10,12-13,18H,3-4,7,11H2,1-2H3,(H,23,28).